The zero-order valence-electron chi connectivity index (χ0n) is 11.1. The number of halogens is 3. The van der Waals surface area contributed by atoms with E-state index < -0.39 is 11.7 Å². The number of rotatable bonds is 6. The highest BCUT2D eigenvalue weighted by Crippen LogP contribution is 2.36. The molecule has 6 heteroatoms. The number of benzene rings is 1. The molecule has 0 atom stereocenters. The highest BCUT2D eigenvalue weighted by molar-refractivity contribution is 5.39. The summed E-state index contributed by atoms with van der Waals surface area (Å²) < 4.78 is 43.8. The Morgan fingerprint density at radius 2 is 1.95 bits per heavy atom. The highest BCUT2D eigenvalue weighted by atomic mass is 19.4. The third-order valence-electron chi connectivity index (χ3n) is 2.59. The van der Waals surface area contributed by atoms with Crippen LogP contribution in [0, 0.1) is 0 Å². The lowest BCUT2D eigenvalue weighted by Crippen LogP contribution is -2.16. The van der Waals surface area contributed by atoms with E-state index in [-0.39, 0.29) is 18.9 Å². The van der Waals surface area contributed by atoms with Crippen LogP contribution < -0.4 is 10.5 Å². The molecule has 0 bridgehead atoms. The number of hydrogen-bond acceptors (Lipinski definition) is 3. The summed E-state index contributed by atoms with van der Waals surface area (Å²) in [5.74, 6) is -0.136. The minimum atomic E-state index is -4.43. The quantitative estimate of drug-likeness (QED) is 0.811. The third-order valence-corrected chi connectivity index (χ3v) is 2.59. The second-order valence-corrected chi connectivity index (χ2v) is 4.54. The van der Waals surface area contributed by atoms with Gasteiger partial charge in [0.15, 0.2) is 0 Å². The van der Waals surface area contributed by atoms with Gasteiger partial charge in [-0.05, 0) is 38.2 Å². The molecule has 0 unspecified atom stereocenters. The fraction of sp³-hybridized carbons (Fsp3) is 0.538. The molecule has 1 rings (SSSR count). The molecular formula is C13H19F3N2O. The second kappa shape index (κ2) is 6.77. The smallest absolute Gasteiger partial charge is 0.419 e. The van der Waals surface area contributed by atoms with E-state index in [0.29, 0.717) is 12.0 Å². The molecule has 2 N–H and O–H groups in total. The molecule has 0 saturated heterocycles. The summed E-state index contributed by atoms with van der Waals surface area (Å²) in [6.45, 7) is 1.09. The van der Waals surface area contributed by atoms with E-state index in [1.807, 2.05) is 19.0 Å². The number of alkyl halides is 3. The van der Waals surface area contributed by atoms with Gasteiger partial charge < -0.3 is 15.4 Å². The molecule has 1 aromatic rings. The zero-order valence-corrected chi connectivity index (χ0v) is 11.1. The Balaban J connectivity index is 2.76. The third kappa shape index (κ3) is 5.08. The van der Waals surface area contributed by atoms with E-state index in [2.05, 4.69) is 0 Å². The Bertz CT molecular complexity index is 405. The van der Waals surface area contributed by atoms with Crippen LogP contribution in [0.3, 0.4) is 0 Å². The average molecular weight is 276 g/mol. The largest absolute Gasteiger partial charge is 0.493 e. The van der Waals surface area contributed by atoms with Crippen molar-refractivity contribution in [2.45, 2.75) is 19.1 Å². The van der Waals surface area contributed by atoms with E-state index in [4.69, 9.17) is 10.5 Å². The topological polar surface area (TPSA) is 38.5 Å². The maximum absolute atomic E-state index is 12.9. The summed E-state index contributed by atoms with van der Waals surface area (Å²) in [6, 6.07) is 3.93. The van der Waals surface area contributed by atoms with Crippen LogP contribution in [0.25, 0.3) is 0 Å². The summed E-state index contributed by atoms with van der Waals surface area (Å²) in [7, 11) is 3.80. The first-order valence-electron chi connectivity index (χ1n) is 6.02. The molecule has 108 valence electrons. The first-order chi connectivity index (χ1) is 8.84. The number of nitrogens with zero attached hydrogens (tertiary/aromatic N) is 1. The van der Waals surface area contributed by atoms with Crippen molar-refractivity contribution in [3.05, 3.63) is 29.3 Å². The second-order valence-electron chi connectivity index (χ2n) is 4.54. The van der Waals surface area contributed by atoms with Gasteiger partial charge in [0.25, 0.3) is 0 Å². The summed E-state index contributed by atoms with van der Waals surface area (Å²) in [6.07, 6.45) is -3.76. The molecule has 0 aliphatic carbocycles. The van der Waals surface area contributed by atoms with Crippen molar-refractivity contribution in [1.29, 1.82) is 0 Å². The minimum absolute atomic E-state index is 0.0734. The number of ether oxygens (including phenoxy) is 1. The van der Waals surface area contributed by atoms with Gasteiger partial charge in [0.1, 0.15) is 5.75 Å². The Morgan fingerprint density at radius 3 is 2.47 bits per heavy atom. The van der Waals surface area contributed by atoms with Crippen LogP contribution in [0.2, 0.25) is 0 Å². The summed E-state index contributed by atoms with van der Waals surface area (Å²) >= 11 is 0. The molecule has 0 aliphatic heterocycles. The van der Waals surface area contributed by atoms with Crippen molar-refractivity contribution in [3.8, 4) is 5.75 Å². The van der Waals surface area contributed by atoms with Crippen molar-refractivity contribution in [2.75, 3.05) is 27.2 Å². The molecule has 0 fully saturated rings. The molecule has 1 aromatic carbocycles. The first kappa shape index (κ1) is 15.8. The van der Waals surface area contributed by atoms with Crippen molar-refractivity contribution >= 4 is 0 Å². The molecule has 0 radical (unpaired) electrons. The predicted octanol–water partition coefficient (Wildman–Crippen LogP) is 2.49. The van der Waals surface area contributed by atoms with Gasteiger partial charge >= 0.3 is 6.18 Å². The van der Waals surface area contributed by atoms with Gasteiger partial charge in [-0.2, -0.15) is 13.2 Å². The van der Waals surface area contributed by atoms with Crippen molar-refractivity contribution < 1.29 is 17.9 Å². The van der Waals surface area contributed by atoms with Crippen LogP contribution in [0.5, 0.6) is 5.75 Å². The van der Waals surface area contributed by atoms with Crippen molar-refractivity contribution in [3.63, 3.8) is 0 Å². The van der Waals surface area contributed by atoms with Crippen LogP contribution in [0.4, 0.5) is 13.2 Å². The molecule has 19 heavy (non-hydrogen) atoms. The molecule has 0 aliphatic rings. The Kier molecular flexibility index (Phi) is 5.62. The van der Waals surface area contributed by atoms with Crippen LogP contribution in [-0.4, -0.2) is 32.1 Å². The van der Waals surface area contributed by atoms with E-state index in [9.17, 15) is 13.2 Å². The average Bonchev–Trinajstić information content (AvgIpc) is 2.33. The molecule has 0 spiro atoms. The van der Waals surface area contributed by atoms with E-state index >= 15 is 0 Å². The maximum atomic E-state index is 12.9. The van der Waals surface area contributed by atoms with Gasteiger partial charge in [0.05, 0.1) is 12.2 Å². The van der Waals surface area contributed by atoms with Crippen LogP contribution in [0.15, 0.2) is 18.2 Å². The van der Waals surface area contributed by atoms with Gasteiger partial charge in [-0.3, -0.25) is 0 Å². The minimum Gasteiger partial charge on any atom is -0.493 e. The van der Waals surface area contributed by atoms with Crippen molar-refractivity contribution in [1.82, 2.24) is 4.90 Å². The lowest BCUT2D eigenvalue weighted by molar-refractivity contribution is -0.139. The summed E-state index contributed by atoms with van der Waals surface area (Å²) in [5.41, 5.74) is 5.03. The molecule has 0 aromatic heterocycles. The highest BCUT2D eigenvalue weighted by Gasteiger charge is 2.34. The molecule has 0 heterocycles. The van der Waals surface area contributed by atoms with Crippen LogP contribution in [-0.2, 0) is 12.7 Å². The SMILES string of the molecule is CN(C)CCCOc1ccc(CN)cc1C(F)(F)F. The van der Waals surface area contributed by atoms with Gasteiger partial charge in [0, 0.05) is 13.1 Å². The van der Waals surface area contributed by atoms with E-state index in [0.717, 1.165) is 12.6 Å². The molecular weight excluding hydrogens is 257 g/mol. The maximum Gasteiger partial charge on any atom is 0.419 e. The fourth-order valence-electron chi connectivity index (χ4n) is 1.61. The van der Waals surface area contributed by atoms with Gasteiger partial charge in [-0.25, -0.2) is 0 Å². The predicted molar refractivity (Wildman–Crippen MR) is 68.0 cm³/mol. The van der Waals surface area contributed by atoms with Crippen molar-refractivity contribution in [2.24, 2.45) is 5.73 Å². The number of nitrogens with two attached hydrogens (primary N) is 1. The van der Waals surface area contributed by atoms with Gasteiger partial charge in [0.2, 0.25) is 0 Å². The van der Waals surface area contributed by atoms with E-state index in [1.165, 1.54) is 6.07 Å². The van der Waals surface area contributed by atoms with Crippen LogP contribution in [0.1, 0.15) is 17.5 Å². The summed E-state index contributed by atoms with van der Waals surface area (Å²) in [4.78, 5) is 1.95. The lowest BCUT2D eigenvalue weighted by Gasteiger charge is -2.16. The molecule has 0 saturated carbocycles. The standard InChI is InChI=1S/C13H19F3N2O/c1-18(2)6-3-7-19-12-5-4-10(9-17)8-11(12)13(14,15)16/h4-5,8H,3,6-7,9,17H2,1-2H3. The Labute approximate surface area is 111 Å². The van der Waals surface area contributed by atoms with Gasteiger partial charge in [-0.15, -0.1) is 0 Å². The Hall–Kier alpha value is -1.27. The van der Waals surface area contributed by atoms with Crippen LogP contribution >= 0.6 is 0 Å². The fourth-order valence-corrected chi connectivity index (χ4v) is 1.61. The zero-order chi connectivity index (χ0) is 14.5. The summed E-state index contributed by atoms with van der Waals surface area (Å²) in [5, 5.41) is 0. The lowest BCUT2D eigenvalue weighted by atomic mass is 10.1. The normalized spacial score (nSPS) is 11.9. The van der Waals surface area contributed by atoms with Gasteiger partial charge in [-0.1, -0.05) is 6.07 Å². The monoisotopic (exact) mass is 276 g/mol. The molecule has 3 nitrogen and oxygen atoms in total. The first-order valence-corrected chi connectivity index (χ1v) is 6.02. The molecule has 0 amide bonds. The van der Waals surface area contributed by atoms with E-state index in [1.54, 1.807) is 6.07 Å². The Morgan fingerprint density at radius 1 is 1.26 bits per heavy atom. The number of hydrogen-bond donors (Lipinski definition) is 1.